The van der Waals surface area contributed by atoms with Crippen molar-refractivity contribution in [1.29, 1.82) is 0 Å². The van der Waals surface area contributed by atoms with Crippen molar-refractivity contribution in [2.24, 2.45) is 0 Å². The molecule has 0 N–H and O–H groups in total. The number of hydrogen-bond donors (Lipinski definition) is 0. The molecule has 0 atom stereocenters. The van der Waals surface area contributed by atoms with Gasteiger partial charge in [-0.1, -0.05) is 12.2 Å². The normalized spacial score (nSPS) is 6.60. The third kappa shape index (κ3) is 15.7. The second kappa shape index (κ2) is 16.0. The largest absolute Gasteiger partial charge is 1.00 e. The van der Waals surface area contributed by atoms with E-state index in [2.05, 4.69) is 11.8 Å². The Morgan fingerprint density at radius 1 is 0.900 bits per heavy atom. The van der Waals surface area contributed by atoms with E-state index in [-0.39, 0.29) is 37.7 Å². The van der Waals surface area contributed by atoms with Gasteiger partial charge in [0.15, 0.2) is 0 Å². The van der Waals surface area contributed by atoms with Crippen molar-refractivity contribution >= 4 is 0 Å². The van der Waals surface area contributed by atoms with Gasteiger partial charge < -0.3 is 24.7 Å². The fourth-order valence-corrected chi connectivity index (χ4v) is 0.285. The molecule has 0 bridgehead atoms. The average Bonchev–Trinajstić information content (AvgIpc) is 1.81. The molecule has 0 saturated carbocycles. The van der Waals surface area contributed by atoms with E-state index in [9.17, 15) is 0 Å². The Morgan fingerprint density at radius 3 is 1.40 bits per heavy atom. The van der Waals surface area contributed by atoms with Crippen molar-refractivity contribution in [1.82, 2.24) is 0 Å². The molecule has 0 aliphatic heterocycles. The summed E-state index contributed by atoms with van der Waals surface area (Å²) in [7, 11) is 0. The molecule has 0 spiro atoms. The summed E-state index contributed by atoms with van der Waals surface area (Å²) in [6.07, 6.45) is 17.6. The monoisotopic (exact) mass is 116 g/mol. The molecule has 0 aliphatic carbocycles. The van der Waals surface area contributed by atoms with E-state index in [1.165, 1.54) is 0 Å². The van der Waals surface area contributed by atoms with E-state index in [1.807, 2.05) is 0 Å². The Hall–Kier alpha value is 0.0548. The summed E-state index contributed by atoms with van der Waals surface area (Å²) in [4.78, 5) is 0. The summed E-state index contributed by atoms with van der Waals surface area (Å²) in [6.45, 7) is 0. The van der Waals surface area contributed by atoms with Gasteiger partial charge in [-0.05, 0) is 12.8 Å². The third-order valence-corrected chi connectivity index (χ3v) is 0.606. The number of hydrogen-bond acceptors (Lipinski definition) is 0. The van der Waals surface area contributed by atoms with Gasteiger partial charge in [0.1, 0.15) is 0 Å². The number of allylic oxidation sites excluding steroid dienone is 2. The van der Waals surface area contributed by atoms with Crippen LogP contribution in [-0.4, -0.2) is 0 Å². The zero-order valence-corrected chi connectivity index (χ0v) is 6.57. The number of rotatable bonds is 2. The molecule has 0 aliphatic rings. The van der Waals surface area contributed by atoms with Crippen LogP contribution in [-0.2, 0) is 0 Å². The summed E-state index contributed by atoms with van der Waals surface area (Å²) in [5.41, 5.74) is 0. The second-order valence-electron chi connectivity index (χ2n) is 1.23. The minimum atomic E-state index is 0. The fraction of sp³-hybridized carbons (Fsp3) is 0.250. The molecule has 40 valence electrons. The van der Waals surface area contributed by atoms with Crippen molar-refractivity contribution in [3.63, 3.8) is 0 Å². The van der Waals surface area contributed by atoms with E-state index in [0.717, 1.165) is 0 Å². The van der Waals surface area contributed by atoms with Crippen LogP contribution < -0.4 is 37.7 Å². The van der Waals surface area contributed by atoms with E-state index in [1.54, 1.807) is 12.2 Å². The maximum absolute atomic E-state index is 6.47. The van der Waals surface area contributed by atoms with Crippen LogP contribution in [0.25, 0.3) is 0 Å². The zero-order valence-electron chi connectivity index (χ0n) is 6.57. The van der Waals surface area contributed by atoms with Crippen molar-refractivity contribution < 1.29 is 37.7 Å². The Kier molecular flexibility index (Phi) is 26.5. The molecular weight excluding hydrogens is 110 g/mol. The van der Waals surface area contributed by atoms with E-state index in [0.29, 0.717) is 12.8 Å². The first-order chi connectivity index (χ1) is 3.91. The molecular formula is C8H6Li2. The van der Waals surface area contributed by atoms with Gasteiger partial charge in [0.05, 0.1) is 0 Å². The minimum Gasteiger partial charge on any atom is -0.693 e. The summed E-state index contributed by atoms with van der Waals surface area (Å²) >= 11 is 0. The van der Waals surface area contributed by atoms with Crippen LogP contribution in [0, 0.1) is 24.7 Å². The molecule has 0 heterocycles. The molecule has 0 amide bonds. The van der Waals surface area contributed by atoms with Gasteiger partial charge in [0.2, 0.25) is 0 Å². The van der Waals surface area contributed by atoms with Gasteiger partial charge in [0.25, 0.3) is 0 Å². The molecule has 0 aromatic carbocycles. The predicted molar refractivity (Wildman–Crippen MR) is 32.6 cm³/mol. The van der Waals surface area contributed by atoms with E-state index >= 15 is 0 Å². The standard InChI is InChI=1S/C8H6.2Li/c1-3-5-7-8-6-4-2;;/h7-8H,5-6H2;;/q-2;2*+1/b8-7-;;. The first-order valence-corrected chi connectivity index (χ1v) is 2.36. The first-order valence-electron chi connectivity index (χ1n) is 2.36. The maximum atomic E-state index is 6.47. The van der Waals surface area contributed by atoms with Crippen LogP contribution in [0.3, 0.4) is 0 Å². The minimum absolute atomic E-state index is 0. The van der Waals surface area contributed by atoms with Gasteiger partial charge in [-0.2, -0.15) is 0 Å². The Bertz CT molecular complexity index is 128. The van der Waals surface area contributed by atoms with E-state index < -0.39 is 0 Å². The molecule has 2 heteroatoms. The molecule has 0 rings (SSSR count). The van der Waals surface area contributed by atoms with Crippen LogP contribution in [0.4, 0.5) is 0 Å². The Balaban J connectivity index is -0.000000245. The summed E-state index contributed by atoms with van der Waals surface area (Å²) in [5, 5.41) is 0. The van der Waals surface area contributed by atoms with Crippen molar-refractivity contribution in [2.75, 3.05) is 0 Å². The quantitative estimate of drug-likeness (QED) is 0.148. The van der Waals surface area contributed by atoms with Gasteiger partial charge in [-0.25, -0.2) is 0 Å². The molecule has 0 aromatic rings. The maximum Gasteiger partial charge on any atom is 1.00 e. The molecule has 0 radical (unpaired) electrons. The summed E-state index contributed by atoms with van der Waals surface area (Å²) in [6, 6.07) is 0. The third-order valence-electron chi connectivity index (χ3n) is 0.606. The molecule has 10 heavy (non-hydrogen) atoms. The van der Waals surface area contributed by atoms with Gasteiger partial charge >= 0.3 is 37.7 Å². The Labute approximate surface area is 87.2 Å². The summed E-state index contributed by atoms with van der Waals surface area (Å²) < 4.78 is 0. The molecule has 0 saturated heterocycles. The van der Waals surface area contributed by atoms with Crippen LogP contribution in [0.15, 0.2) is 12.2 Å². The van der Waals surface area contributed by atoms with Crippen molar-refractivity contribution in [2.45, 2.75) is 12.8 Å². The molecule has 0 fully saturated rings. The van der Waals surface area contributed by atoms with Gasteiger partial charge in [-0.3, -0.25) is 0 Å². The fourth-order valence-electron chi connectivity index (χ4n) is 0.285. The van der Waals surface area contributed by atoms with Crippen LogP contribution >= 0.6 is 0 Å². The zero-order chi connectivity index (χ0) is 6.24. The predicted octanol–water partition coefficient (Wildman–Crippen LogP) is -4.49. The molecule has 0 nitrogen and oxygen atoms in total. The van der Waals surface area contributed by atoms with Gasteiger partial charge in [0, 0.05) is 0 Å². The summed E-state index contributed by atoms with van der Waals surface area (Å²) in [5.74, 6) is 4.40. The van der Waals surface area contributed by atoms with Gasteiger partial charge in [-0.15, -0.1) is 0 Å². The van der Waals surface area contributed by atoms with Crippen molar-refractivity contribution in [3.05, 3.63) is 25.0 Å². The van der Waals surface area contributed by atoms with E-state index in [4.69, 9.17) is 12.8 Å². The topological polar surface area (TPSA) is 0 Å². The van der Waals surface area contributed by atoms with Crippen LogP contribution in [0.2, 0.25) is 0 Å². The smallest absolute Gasteiger partial charge is 0.693 e. The SMILES string of the molecule is [C-]#CC/C=C\CC#[C-].[Li+].[Li+]. The van der Waals surface area contributed by atoms with Crippen molar-refractivity contribution in [3.8, 4) is 11.8 Å². The Morgan fingerprint density at radius 2 is 1.20 bits per heavy atom. The first kappa shape index (κ1) is 16.6. The molecule has 0 unspecified atom stereocenters. The van der Waals surface area contributed by atoms with Crippen LogP contribution in [0.1, 0.15) is 12.8 Å². The average molecular weight is 116 g/mol. The van der Waals surface area contributed by atoms with Crippen LogP contribution in [0.5, 0.6) is 0 Å². The second-order valence-corrected chi connectivity index (χ2v) is 1.23. The molecule has 0 aromatic heterocycles.